The molecule has 2 heterocycles. The van der Waals surface area contributed by atoms with E-state index in [1.54, 1.807) is 42.5 Å². The van der Waals surface area contributed by atoms with E-state index in [9.17, 15) is 18.0 Å². The largest absolute Gasteiger partial charge is 0.454 e. The monoisotopic (exact) mass is 445 g/mol. The Bertz CT molecular complexity index is 1110. The lowest BCUT2D eigenvalue weighted by atomic mass is 9.97. The van der Waals surface area contributed by atoms with E-state index in [1.165, 1.54) is 10.6 Å². The van der Waals surface area contributed by atoms with Crippen molar-refractivity contribution in [1.82, 2.24) is 4.31 Å². The molecule has 2 N–H and O–H groups in total. The molecule has 0 bridgehead atoms. The van der Waals surface area contributed by atoms with Gasteiger partial charge in [0.1, 0.15) is 0 Å². The van der Waals surface area contributed by atoms with Gasteiger partial charge in [-0.05, 0) is 37.1 Å². The number of benzene rings is 2. The number of piperidine rings is 1. The average molecular weight is 445 g/mol. The highest BCUT2D eigenvalue weighted by molar-refractivity contribution is 7.88. The van der Waals surface area contributed by atoms with Crippen molar-refractivity contribution < 1.29 is 27.5 Å². The van der Waals surface area contributed by atoms with Crippen LogP contribution in [0.25, 0.3) is 0 Å². The molecule has 10 heteroatoms. The molecule has 0 atom stereocenters. The zero-order valence-corrected chi connectivity index (χ0v) is 17.8. The molecule has 1 fully saturated rings. The first-order valence-corrected chi connectivity index (χ1v) is 11.7. The minimum Gasteiger partial charge on any atom is -0.454 e. The van der Waals surface area contributed by atoms with Gasteiger partial charge in [0.15, 0.2) is 11.5 Å². The Labute approximate surface area is 180 Å². The van der Waals surface area contributed by atoms with Gasteiger partial charge in [-0.3, -0.25) is 9.59 Å². The number of para-hydroxylation sites is 1. The average Bonchev–Trinajstić information content (AvgIpc) is 3.21. The van der Waals surface area contributed by atoms with Crippen LogP contribution in [0.3, 0.4) is 0 Å². The van der Waals surface area contributed by atoms with Crippen LogP contribution in [-0.2, 0) is 14.8 Å². The second kappa shape index (κ2) is 8.56. The van der Waals surface area contributed by atoms with Gasteiger partial charge in [-0.15, -0.1) is 0 Å². The summed E-state index contributed by atoms with van der Waals surface area (Å²) in [7, 11) is -3.25. The van der Waals surface area contributed by atoms with Crippen molar-refractivity contribution in [1.29, 1.82) is 0 Å². The van der Waals surface area contributed by atoms with Gasteiger partial charge in [0.2, 0.25) is 22.7 Å². The molecule has 31 heavy (non-hydrogen) atoms. The van der Waals surface area contributed by atoms with E-state index >= 15 is 0 Å². The fraction of sp³-hybridized carbons (Fsp3) is 0.333. The molecule has 2 aliphatic rings. The predicted molar refractivity (Wildman–Crippen MR) is 115 cm³/mol. The molecule has 0 radical (unpaired) electrons. The molecule has 164 valence electrons. The highest BCUT2D eigenvalue weighted by Gasteiger charge is 2.29. The second-order valence-corrected chi connectivity index (χ2v) is 9.48. The summed E-state index contributed by atoms with van der Waals surface area (Å²) in [5.41, 5.74) is 1.27. The Balaban J connectivity index is 1.42. The van der Waals surface area contributed by atoms with Crippen LogP contribution in [0.1, 0.15) is 23.2 Å². The van der Waals surface area contributed by atoms with E-state index in [4.69, 9.17) is 9.47 Å². The summed E-state index contributed by atoms with van der Waals surface area (Å²) < 4.78 is 35.3. The Kier molecular flexibility index (Phi) is 5.84. The molecule has 9 nitrogen and oxygen atoms in total. The summed E-state index contributed by atoms with van der Waals surface area (Å²) in [5, 5.41) is 5.63. The molecule has 4 rings (SSSR count). The smallest absolute Gasteiger partial charge is 0.257 e. The van der Waals surface area contributed by atoms with Gasteiger partial charge in [-0.25, -0.2) is 12.7 Å². The lowest BCUT2D eigenvalue weighted by Crippen LogP contribution is -2.41. The number of fused-ring (bicyclic) bond motifs is 1. The number of ether oxygens (including phenoxy) is 2. The van der Waals surface area contributed by atoms with E-state index in [0.29, 0.717) is 54.4 Å². The third-order valence-corrected chi connectivity index (χ3v) is 6.66. The number of sulfonamides is 1. The summed E-state index contributed by atoms with van der Waals surface area (Å²) in [4.78, 5) is 25.6. The van der Waals surface area contributed by atoms with Crippen LogP contribution in [0.5, 0.6) is 11.5 Å². The molecule has 2 aromatic rings. The summed E-state index contributed by atoms with van der Waals surface area (Å²) in [5.74, 6) is 0.258. The maximum atomic E-state index is 12.8. The molecule has 0 spiro atoms. The van der Waals surface area contributed by atoms with Gasteiger partial charge in [-0.2, -0.15) is 0 Å². The summed E-state index contributed by atoms with van der Waals surface area (Å²) in [6, 6.07) is 11.9. The number of carbonyl (C=O) groups is 2. The maximum absolute atomic E-state index is 12.8. The number of hydrogen-bond donors (Lipinski definition) is 2. The van der Waals surface area contributed by atoms with E-state index in [-0.39, 0.29) is 24.5 Å². The first kappa shape index (κ1) is 21.1. The van der Waals surface area contributed by atoms with Crippen LogP contribution in [0.15, 0.2) is 42.5 Å². The topological polar surface area (TPSA) is 114 Å². The number of nitrogens with one attached hydrogen (secondary N) is 2. The molecule has 2 aromatic carbocycles. The third-order valence-electron chi connectivity index (χ3n) is 5.35. The number of carbonyl (C=O) groups excluding carboxylic acids is 2. The van der Waals surface area contributed by atoms with E-state index in [0.717, 1.165) is 0 Å². The molecule has 0 saturated carbocycles. The Morgan fingerprint density at radius 3 is 2.45 bits per heavy atom. The van der Waals surface area contributed by atoms with Gasteiger partial charge < -0.3 is 20.1 Å². The van der Waals surface area contributed by atoms with Gasteiger partial charge in [0, 0.05) is 30.8 Å². The number of rotatable bonds is 5. The molecule has 1 saturated heterocycles. The SMILES string of the molecule is CS(=O)(=O)N1CCC(C(=O)Nc2ccccc2C(=O)Nc2ccc3c(c2)OCO3)CC1. The van der Waals surface area contributed by atoms with Gasteiger partial charge in [0.05, 0.1) is 17.5 Å². The third kappa shape index (κ3) is 4.80. The van der Waals surface area contributed by atoms with E-state index in [2.05, 4.69) is 10.6 Å². The normalized spacial score (nSPS) is 16.7. The van der Waals surface area contributed by atoms with Gasteiger partial charge in [-0.1, -0.05) is 12.1 Å². The van der Waals surface area contributed by atoms with Crippen LogP contribution >= 0.6 is 0 Å². The van der Waals surface area contributed by atoms with Gasteiger partial charge in [0.25, 0.3) is 5.91 Å². The highest BCUT2D eigenvalue weighted by Crippen LogP contribution is 2.34. The van der Waals surface area contributed by atoms with Gasteiger partial charge >= 0.3 is 0 Å². The molecular formula is C21H23N3O6S. The van der Waals surface area contributed by atoms with Crippen LogP contribution < -0.4 is 20.1 Å². The van der Waals surface area contributed by atoms with Crippen LogP contribution in [0.2, 0.25) is 0 Å². The fourth-order valence-electron chi connectivity index (χ4n) is 3.65. The molecule has 0 unspecified atom stereocenters. The van der Waals surface area contributed by atoms with Crippen LogP contribution in [-0.4, -0.2) is 50.7 Å². The fourth-order valence-corrected chi connectivity index (χ4v) is 4.52. The molecule has 2 amide bonds. The van der Waals surface area contributed by atoms with Crippen molar-refractivity contribution in [3.05, 3.63) is 48.0 Å². The van der Waals surface area contributed by atoms with Crippen molar-refractivity contribution in [2.24, 2.45) is 5.92 Å². The van der Waals surface area contributed by atoms with Crippen LogP contribution in [0.4, 0.5) is 11.4 Å². The molecular weight excluding hydrogens is 422 g/mol. The Hall–Kier alpha value is -3.11. The number of nitrogens with zero attached hydrogens (tertiary/aromatic N) is 1. The zero-order valence-electron chi connectivity index (χ0n) is 17.0. The Morgan fingerprint density at radius 1 is 1.00 bits per heavy atom. The van der Waals surface area contributed by atoms with Crippen molar-refractivity contribution in [2.75, 3.05) is 36.8 Å². The van der Waals surface area contributed by atoms with Crippen molar-refractivity contribution in [2.45, 2.75) is 12.8 Å². The van der Waals surface area contributed by atoms with Crippen molar-refractivity contribution in [3.63, 3.8) is 0 Å². The molecule has 0 aromatic heterocycles. The summed E-state index contributed by atoms with van der Waals surface area (Å²) >= 11 is 0. The standard InChI is InChI=1S/C21H23N3O6S/c1-31(27,28)24-10-8-14(9-11-24)20(25)23-17-5-3-2-4-16(17)21(26)22-15-6-7-18-19(12-15)30-13-29-18/h2-7,12,14H,8-11,13H2,1H3,(H,22,26)(H,23,25). The number of hydrogen-bond acceptors (Lipinski definition) is 6. The van der Waals surface area contributed by atoms with Crippen molar-refractivity contribution in [3.8, 4) is 11.5 Å². The Morgan fingerprint density at radius 2 is 1.71 bits per heavy atom. The summed E-state index contributed by atoms with van der Waals surface area (Å²) in [6.07, 6.45) is 2.04. The second-order valence-electron chi connectivity index (χ2n) is 7.49. The summed E-state index contributed by atoms with van der Waals surface area (Å²) in [6.45, 7) is 0.761. The quantitative estimate of drug-likeness (QED) is 0.730. The van der Waals surface area contributed by atoms with Crippen LogP contribution in [0, 0.1) is 5.92 Å². The number of anilines is 2. The lowest BCUT2D eigenvalue weighted by molar-refractivity contribution is -0.120. The highest BCUT2D eigenvalue weighted by atomic mass is 32.2. The van der Waals surface area contributed by atoms with E-state index < -0.39 is 10.0 Å². The first-order valence-electron chi connectivity index (χ1n) is 9.87. The first-order chi connectivity index (χ1) is 14.8. The molecule has 2 aliphatic heterocycles. The van der Waals surface area contributed by atoms with E-state index in [1.807, 2.05) is 0 Å². The maximum Gasteiger partial charge on any atom is 0.257 e. The zero-order chi connectivity index (χ0) is 22.0. The molecule has 0 aliphatic carbocycles. The predicted octanol–water partition coefficient (Wildman–Crippen LogP) is 2.28. The minimum absolute atomic E-state index is 0.144. The minimum atomic E-state index is -3.25. The lowest BCUT2D eigenvalue weighted by Gasteiger charge is -2.29. The number of amides is 2. The van der Waals surface area contributed by atoms with Crippen molar-refractivity contribution >= 4 is 33.2 Å².